The third-order valence-corrected chi connectivity index (χ3v) is 6.37. The van der Waals surface area contributed by atoms with Crippen LogP contribution in [0.2, 0.25) is 0 Å². The maximum Gasteiger partial charge on any atom is 0.212 e. The number of benzene rings is 3. The van der Waals surface area contributed by atoms with Crippen LogP contribution in [0.4, 0.5) is 0 Å². The summed E-state index contributed by atoms with van der Waals surface area (Å²) in [5.74, 6) is 4.72. The molecular weight excluding hydrogens is 466 g/mol. The Morgan fingerprint density at radius 3 is 2.38 bits per heavy atom. The number of ether oxygens (including phenoxy) is 3. The topological polar surface area (TPSA) is 68.3 Å². The summed E-state index contributed by atoms with van der Waals surface area (Å²) in [5, 5.41) is 5.61. The number of aromatic nitrogens is 1. The molecule has 1 N–H and O–H groups in total. The lowest BCUT2D eigenvalue weighted by atomic mass is 10.1. The highest BCUT2D eigenvalue weighted by molar-refractivity contribution is 6.30. The van der Waals surface area contributed by atoms with Crippen molar-refractivity contribution in [3.05, 3.63) is 77.4 Å². The monoisotopic (exact) mass is 495 g/mol. The van der Waals surface area contributed by atoms with Crippen molar-refractivity contribution >= 4 is 16.6 Å². The molecule has 0 saturated heterocycles. The second-order valence-corrected chi connectivity index (χ2v) is 8.99. The Hall–Kier alpha value is -4.41. The zero-order chi connectivity index (χ0) is 25.9. The molecule has 3 aromatic carbocycles. The number of H-pyrrole nitrogens is 1. The maximum absolute atomic E-state index is 6.02. The number of aromatic amines is 1. The molecule has 0 amide bonds. The van der Waals surface area contributed by atoms with Crippen LogP contribution in [-0.4, -0.2) is 57.1 Å². The molecule has 37 heavy (non-hydrogen) atoms. The van der Waals surface area contributed by atoms with Crippen LogP contribution in [0.25, 0.3) is 22.2 Å². The van der Waals surface area contributed by atoms with E-state index in [2.05, 4.69) is 21.0 Å². The highest BCUT2D eigenvalue weighted by Crippen LogP contribution is 2.46. The second-order valence-electron chi connectivity index (χ2n) is 8.99. The van der Waals surface area contributed by atoms with Gasteiger partial charge in [-0.05, 0) is 44.4 Å². The van der Waals surface area contributed by atoms with Crippen LogP contribution in [0.1, 0.15) is 22.8 Å². The summed E-state index contributed by atoms with van der Waals surface area (Å²) >= 11 is 0. The molecule has 1 aliphatic rings. The SMILES string of the molecule is C#C[C@H](O/N=C1/c2cc(OC)c(OC)cc2-c2[nH]c3ccc(OCCN(C)C)cc3c21)c1ccccc1. The summed E-state index contributed by atoms with van der Waals surface area (Å²) in [6.45, 7) is 1.41. The van der Waals surface area contributed by atoms with Gasteiger partial charge in [0.25, 0.3) is 0 Å². The molecule has 0 unspecified atom stereocenters. The molecule has 0 bridgehead atoms. The molecule has 0 fully saturated rings. The average Bonchev–Trinajstić information content (AvgIpc) is 3.43. The molecule has 4 aromatic rings. The van der Waals surface area contributed by atoms with Crippen molar-refractivity contribution in [2.24, 2.45) is 5.16 Å². The first-order valence-corrected chi connectivity index (χ1v) is 12.0. The number of nitrogens with zero attached hydrogens (tertiary/aromatic N) is 2. The first-order valence-electron chi connectivity index (χ1n) is 12.0. The quantitative estimate of drug-likeness (QED) is 0.224. The summed E-state index contributed by atoms with van der Waals surface area (Å²) in [7, 11) is 7.28. The summed E-state index contributed by atoms with van der Waals surface area (Å²) in [6, 6.07) is 19.5. The van der Waals surface area contributed by atoms with E-state index in [0.29, 0.717) is 23.8 Å². The number of rotatable bonds is 9. The standard InChI is InChI=1S/C30H29N3O4/c1-6-25(19-10-8-7-9-11-19)37-32-30-22-18-27(35-5)26(34-4)17-21(22)29-28(30)23-16-20(12-13-24(23)31-29)36-15-14-33(2)3/h1,7-13,16-18,25,31H,14-15H2,2-5H3/b32-30-/t25-/m0/s1. The number of hydrogen-bond acceptors (Lipinski definition) is 6. The van der Waals surface area contributed by atoms with Gasteiger partial charge in [-0.25, -0.2) is 0 Å². The first-order chi connectivity index (χ1) is 18.0. The van der Waals surface area contributed by atoms with Gasteiger partial charge in [-0.1, -0.05) is 41.4 Å². The Morgan fingerprint density at radius 2 is 1.70 bits per heavy atom. The zero-order valence-electron chi connectivity index (χ0n) is 21.4. The minimum atomic E-state index is -0.628. The fourth-order valence-electron chi connectivity index (χ4n) is 4.49. The van der Waals surface area contributed by atoms with Crippen LogP contribution >= 0.6 is 0 Å². The predicted molar refractivity (Wildman–Crippen MR) is 146 cm³/mol. The predicted octanol–water partition coefficient (Wildman–Crippen LogP) is 5.25. The molecule has 5 rings (SSSR count). The lowest BCUT2D eigenvalue weighted by Crippen LogP contribution is -2.19. The maximum atomic E-state index is 6.02. The van der Waals surface area contributed by atoms with Gasteiger partial charge in [-0.2, -0.15) is 0 Å². The van der Waals surface area contributed by atoms with E-state index in [0.717, 1.165) is 51.1 Å². The minimum Gasteiger partial charge on any atom is -0.493 e. The van der Waals surface area contributed by atoms with Crippen LogP contribution in [-0.2, 0) is 4.84 Å². The fourth-order valence-corrected chi connectivity index (χ4v) is 4.49. The van der Waals surface area contributed by atoms with Crippen molar-refractivity contribution in [2.45, 2.75) is 6.10 Å². The summed E-state index contributed by atoms with van der Waals surface area (Å²) in [5.41, 5.74) is 6.14. The largest absolute Gasteiger partial charge is 0.493 e. The molecule has 0 aliphatic heterocycles. The molecule has 1 aliphatic carbocycles. The average molecular weight is 496 g/mol. The minimum absolute atomic E-state index is 0.588. The van der Waals surface area contributed by atoms with Crippen LogP contribution in [0.5, 0.6) is 17.2 Å². The van der Waals surface area contributed by atoms with Gasteiger partial charge in [0.05, 0.1) is 19.9 Å². The van der Waals surface area contributed by atoms with Gasteiger partial charge in [0.15, 0.2) is 11.5 Å². The van der Waals surface area contributed by atoms with Crippen LogP contribution < -0.4 is 14.2 Å². The van der Waals surface area contributed by atoms with Crippen molar-refractivity contribution in [3.8, 4) is 40.8 Å². The van der Waals surface area contributed by atoms with Gasteiger partial charge in [0, 0.05) is 39.7 Å². The van der Waals surface area contributed by atoms with Crippen molar-refractivity contribution in [2.75, 3.05) is 41.5 Å². The van der Waals surface area contributed by atoms with E-state index in [1.807, 2.05) is 74.8 Å². The lowest BCUT2D eigenvalue weighted by molar-refractivity contribution is 0.100. The Bertz CT molecular complexity index is 1500. The number of likely N-dealkylation sites (N-methyl/N-ethyl adjacent to an activating group) is 1. The van der Waals surface area contributed by atoms with Gasteiger partial charge in [-0.3, -0.25) is 0 Å². The summed E-state index contributed by atoms with van der Waals surface area (Å²) in [6.07, 6.45) is 5.19. The highest BCUT2D eigenvalue weighted by atomic mass is 16.6. The Morgan fingerprint density at radius 1 is 0.973 bits per heavy atom. The van der Waals surface area contributed by atoms with Gasteiger partial charge >= 0.3 is 0 Å². The molecular formula is C30H29N3O4. The normalized spacial score (nSPS) is 13.8. The number of hydrogen-bond donors (Lipinski definition) is 1. The molecule has 1 heterocycles. The number of oxime groups is 1. The van der Waals surface area contributed by atoms with Gasteiger partial charge in [0.1, 0.15) is 18.1 Å². The van der Waals surface area contributed by atoms with E-state index in [9.17, 15) is 0 Å². The van der Waals surface area contributed by atoms with E-state index in [1.165, 1.54) is 0 Å². The first kappa shape index (κ1) is 24.3. The van der Waals surface area contributed by atoms with Crippen molar-refractivity contribution in [3.63, 3.8) is 0 Å². The highest BCUT2D eigenvalue weighted by Gasteiger charge is 2.32. The van der Waals surface area contributed by atoms with Gasteiger partial charge in [0.2, 0.25) is 6.10 Å². The second kappa shape index (κ2) is 10.3. The van der Waals surface area contributed by atoms with E-state index in [4.69, 9.17) is 25.5 Å². The number of nitrogens with one attached hydrogen (secondary N) is 1. The van der Waals surface area contributed by atoms with Crippen LogP contribution in [0, 0.1) is 12.3 Å². The van der Waals surface area contributed by atoms with Crippen molar-refractivity contribution in [1.82, 2.24) is 9.88 Å². The van der Waals surface area contributed by atoms with Crippen molar-refractivity contribution < 1.29 is 19.0 Å². The summed E-state index contributed by atoms with van der Waals surface area (Å²) < 4.78 is 17.2. The third-order valence-electron chi connectivity index (χ3n) is 6.37. The molecule has 0 radical (unpaired) electrons. The zero-order valence-corrected chi connectivity index (χ0v) is 21.4. The molecule has 0 spiro atoms. The van der Waals surface area contributed by atoms with Crippen molar-refractivity contribution in [1.29, 1.82) is 0 Å². The summed E-state index contributed by atoms with van der Waals surface area (Å²) in [4.78, 5) is 11.6. The van der Waals surface area contributed by atoms with Crippen LogP contribution in [0.3, 0.4) is 0 Å². The van der Waals surface area contributed by atoms with Gasteiger partial charge < -0.3 is 28.9 Å². The third kappa shape index (κ3) is 4.59. The Balaban J connectivity index is 1.62. The molecule has 188 valence electrons. The number of fused-ring (bicyclic) bond motifs is 5. The molecule has 7 nitrogen and oxygen atoms in total. The molecule has 7 heteroatoms. The molecule has 1 aromatic heterocycles. The van der Waals surface area contributed by atoms with E-state index >= 15 is 0 Å². The molecule has 1 atom stereocenters. The van der Waals surface area contributed by atoms with E-state index < -0.39 is 6.10 Å². The van der Waals surface area contributed by atoms with Gasteiger partial charge in [-0.15, -0.1) is 6.42 Å². The fraction of sp³-hybridized carbons (Fsp3) is 0.233. The smallest absolute Gasteiger partial charge is 0.212 e. The number of methoxy groups -OCH3 is 2. The number of terminal acetylenes is 1. The van der Waals surface area contributed by atoms with E-state index in [1.54, 1.807) is 14.2 Å². The Labute approximate surface area is 216 Å². The van der Waals surface area contributed by atoms with Crippen LogP contribution in [0.15, 0.2) is 65.8 Å². The van der Waals surface area contributed by atoms with E-state index in [-0.39, 0.29) is 0 Å². The Kier molecular flexibility index (Phi) is 6.76. The lowest BCUT2D eigenvalue weighted by Gasteiger charge is -2.13. The molecule has 0 saturated carbocycles.